The van der Waals surface area contributed by atoms with Gasteiger partial charge in [-0.3, -0.25) is 15.1 Å². The number of hydrogen-bond acceptors (Lipinski definition) is 9. The van der Waals surface area contributed by atoms with E-state index in [4.69, 9.17) is 0 Å². The minimum atomic E-state index is -3.41. The van der Waals surface area contributed by atoms with Crippen molar-refractivity contribution in [3.63, 3.8) is 0 Å². The number of carbonyl (C=O) groups excluding carboxylic acids is 1. The number of likely N-dealkylation sites (tertiary alicyclic amines) is 1. The van der Waals surface area contributed by atoms with Gasteiger partial charge in [0.05, 0.1) is 16.6 Å². The molecule has 218 valence electrons. The van der Waals surface area contributed by atoms with Gasteiger partial charge >= 0.3 is 0 Å². The normalized spacial score (nSPS) is 28.9. The number of rotatable bonds is 7. The number of benzene rings is 1. The smallest absolute Gasteiger partial charge is 0.242 e. The van der Waals surface area contributed by atoms with Gasteiger partial charge in [0, 0.05) is 44.5 Å². The minimum absolute atomic E-state index is 0.0157. The second kappa shape index (κ2) is 11.7. The molecule has 2 aromatic rings. The van der Waals surface area contributed by atoms with E-state index in [2.05, 4.69) is 60.8 Å². The molecule has 0 spiro atoms. The molecular weight excluding hydrogens is 544 g/mol. The van der Waals surface area contributed by atoms with Crippen LogP contribution in [0.3, 0.4) is 0 Å². The quantitative estimate of drug-likeness (QED) is 0.456. The first-order valence-electron chi connectivity index (χ1n) is 14.6. The summed E-state index contributed by atoms with van der Waals surface area (Å²) in [6.45, 7) is 5.40. The zero-order chi connectivity index (χ0) is 27.9. The first-order chi connectivity index (χ1) is 19.3. The molecule has 11 heteroatoms. The maximum atomic E-state index is 13.6. The Labute approximate surface area is 242 Å². The SMILES string of the molecule is CN1CCN(c2ccc(C3NNC4CCC(NC(=O)C(c5ccsc5)N5CCCC5)CC43)cc2S(C)(=O)=O)CC1. The van der Waals surface area contributed by atoms with Crippen LogP contribution in [0, 0.1) is 5.92 Å². The molecule has 9 nitrogen and oxygen atoms in total. The summed E-state index contributed by atoms with van der Waals surface area (Å²) >= 11 is 1.64. The zero-order valence-electron chi connectivity index (χ0n) is 23.5. The highest BCUT2D eigenvalue weighted by molar-refractivity contribution is 7.90. The predicted octanol–water partition coefficient (Wildman–Crippen LogP) is 2.54. The fraction of sp³-hybridized carbons (Fsp3) is 0.621. The van der Waals surface area contributed by atoms with Gasteiger partial charge in [0.2, 0.25) is 5.91 Å². The number of piperazine rings is 1. The van der Waals surface area contributed by atoms with E-state index in [1.165, 1.54) is 6.26 Å². The van der Waals surface area contributed by atoms with E-state index in [1.807, 2.05) is 12.1 Å². The monoisotopic (exact) mass is 586 g/mol. The molecular formula is C29H42N6O3S2. The average Bonchev–Trinajstić information content (AvgIpc) is 3.72. The molecule has 4 heterocycles. The number of sulfone groups is 1. The van der Waals surface area contributed by atoms with Crippen LogP contribution in [0.4, 0.5) is 5.69 Å². The number of nitrogens with one attached hydrogen (secondary N) is 3. The molecule has 4 fully saturated rings. The molecule has 3 N–H and O–H groups in total. The summed E-state index contributed by atoms with van der Waals surface area (Å²) in [7, 11) is -1.31. The van der Waals surface area contributed by atoms with Crippen LogP contribution in [-0.4, -0.2) is 88.8 Å². The summed E-state index contributed by atoms with van der Waals surface area (Å²) in [5.41, 5.74) is 9.83. The molecule has 1 amide bonds. The van der Waals surface area contributed by atoms with E-state index in [1.54, 1.807) is 11.3 Å². The van der Waals surface area contributed by atoms with Gasteiger partial charge in [-0.1, -0.05) is 6.07 Å². The number of nitrogens with zero attached hydrogens (tertiary/aromatic N) is 3. The average molecular weight is 587 g/mol. The number of amides is 1. The molecule has 4 aliphatic rings. The van der Waals surface area contributed by atoms with Crippen LogP contribution >= 0.6 is 11.3 Å². The van der Waals surface area contributed by atoms with Gasteiger partial charge in [-0.25, -0.2) is 13.8 Å². The third kappa shape index (κ3) is 5.82. The molecule has 5 unspecified atom stereocenters. The molecule has 3 saturated heterocycles. The van der Waals surface area contributed by atoms with Crippen molar-refractivity contribution in [2.75, 3.05) is 57.5 Å². The lowest BCUT2D eigenvalue weighted by atomic mass is 9.77. The number of carbonyl (C=O) groups is 1. The topological polar surface area (TPSA) is 97.0 Å². The molecule has 3 aliphatic heterocycles. The second-order valence-electron chi connectivity index (χ2n) is 12.0. The largest absolute Gasteiger partial charge is 0.368 e. The molecule has 40 heavy (non-hydrogen) atoms. The Morgan fingerprint density at radius 1 is 1.05 bits per heavy atom. The van der Waals surface area contributed by atoms with Crippen LogP contribution in [0.5, 0.6) is 0 Å². The predicted molar refractivity (Wildman–Crippen MR) is 159 cm³/mol. The zero-order valence-corrected chi connectivity index (χ0v) is 25.1. The van der Waals surface area contributed by atoms with Crippen LogP contribution in [0.15, 0.2) is 39.9 Å². The Bertz CT molecular complexity index is 1290. The van der Waals surface area contributed by atoms with Gasteiger partial charge in [0.1, 0.15) is 6.04 Å². The van der Waals surface area contributed by atoms with Crippen LogP contribution in [0.1, 0.15) is 55.3 Å². The molecule has 0 radical (unpaired) electrons. The summed E-state index contributed by atoms with van der Waals surface area (Å²) < 4.78 is 25.9. The van der Waals surface area contributed by atoms with Crippen molar-refractivity contribution in [1.82, 2.24) is 26.0 Å². The molecule has 5 atom stereocenters. The van der Waals surface area contributed by atoms with Crippen molar-refractivity contribution in [3.05, 3.63) is 46.2 Å². The Morgan fingerprint density at radius 2 is 1.82 bits per heavy atom. The fourth-order valence-corrected chi connectivity index (χ4v) is 8.69. The number of fused-ring (bicyclic) bond motifs is 1. The van der Waals surface area contributed by atoms with E-state index in [0.717, 1.165) is 88.2 Å². The van der Waals surface area contributed by atoms with Gasteiger partial charge in [-0.15, -0.1) is 0 Å². The van der Waals surface area contributed by atoms with Crippen molar-refractivity contribution in [3.8, 4) is 0 Å². The Hall–Kier alpha value is -2.02. The van der Waals surface area contributed by atoms with Crippen LogP contribution < -0.4 is 21.1 Å². The summed E-state index contributed by atoms with van der Waals surface area (Å²) in [4.78, 5) is 20.8. The Balaban J connectivity index is 1.19. The van der Waals surface area contributed by atoms with E-state index >= 15 is 0 Å². The summed E-state index contributed by atoms with van der Waals surface area (Å²) in [6.07, 6.45) is 6.34. The summed E-state index contributed by atoms with van der Waals surface area (Å²) in [6, 6.07) is 8.20. The fourth-order valence-electron chi connectivity index (χ4n) is 7.09. The number of hydrogen-bond donors (Lipinski definition) is 3. The number of hydrazine groups is 1. The Morgan fingerprint density at radius 3 is 2.52 bits per heavy atom. The van der Waals surface area contributed by atoms with Crippen LogP contribution in [0.2, 0.25) is 0 Å². The highest BCUT2D eigenvalue weighted by atomic mass is 32.2. The van der Waals surface area contributed by atoms with E-state index < -0.39 is 9.84 Å². The third-order valence-corrected chi connectivity index (χ3v) is 11.1. The minimum Gasteiger partial charge on any atom is -0.368 e. The van der Waals surface area contributed by atoms with Crippen molar-refractivity contribution in [1.29, 1.82) is 0 Å². The molecule has 1 aromatic carbocycles. The maximum Gasteiger partial charge on any atom is 0.242 e. The van der Waals surface area contributed by atoms with Crippen LogP contribution in [-0.2, 0) is 14.6 Å². The lowest BCUT2D eigenvalue weighted by Crippen LogP contribution is -2.48. The van der Waals surface area contributed by atoms with Crippen molar-refractivity contribution >= 4 is 32.8 Å². The molecule has 1 aliphatic carbocycles. The molecule has 1 aromatic heterocycles. The first-order valence-corrected chi connectivity index (χ1v) is 17.5. The highest BCUT2D eigenvalue weighted by Crippen LogP contribution is 2.40. The van der Waals surface area contributed by atoms with Gasteiger partial charge < -0.3 is 15.1 Å². The third-order valence-electron chi connectivity index (χ3n) is 9.30. The number of thiophene rings is 1. The lowest BCUT2D eigenvalue weighted by Gasteiger charge is -2.36. The van der Waals surface area contributed by atoms with E-state index in [-0.39, 0.29) is 30.0 Å². The summed E-state index contributed by atoms with van der Waals surface area (Å²) in [5, 5.41) is 7.58. The summed E-state index contributed by atoms with van der Waals surface area (Å²) in [5.74, 6) is 0.363. The second-order valence-corrected chi connectivity index (χ2v) is 14.8. The van der Waals surface area contributed by atoms with Gasteiger partial charge in [-0.05, 0) is 98.2 Å². The Kier molecular flexibility index (Phi) is 8.22. The maximum absolute atomic E-state index is 13.6. The highest BCUT2D eigenvalue weighted by Gasteiger charge is 2.42. The number of likely N-dealkylation sites (N-methyl/N-ethyl adjacent to an activating group) is 1. The number of anilines is 1. The lowest BCUT2D eigenvalue weighted by molar-refractivity contribution is -0.127. The van der Waals surface area contributed by atoms with Crippen molar-refractivity contribution in [2.24, 2.45) is 5.92 Å². The van der Waals surface area contributed by atoms with Gasteiger partial charge in [0.25, 0.3) is 0 Å². The molecule has 1 saturated carbocycles. The van der Waals surface area contributed by atoms with Gasteiger partial charge in [0.15, 0.2) is 9.84 Å². The standard InChI is InChI=1S/C29H42N6O3S2/c1-33-12-14-34(15-13-33)25-8-5-20(17-26(25)40(2,37)38)27-23-18-22(6-7-24(23)31-32-27)30-29(36)28(21-9-16-39-19-21)35-10-3-4-11-35/h5,8-9,16-17,19,22-24,27-28,31-32H,3-4,6-7,10-15,18H2,1-2H3,(H,30,36). The van der Waals surface area contributed by atoms with E-state index in [0.29, 0.717) is 10.9 Å². The molecule has 6 rings (SSSR count). The van der Waals surface area contributed by atoms with Crippen molar-refractivity contribution < 1.29 is 13.2 Å². The van der Waals surface area contributed by atoms with Crippen LogP contribution in [0.25, 0.3) is 0 Å². The van der Waals surface area contributed by atoms with Crippen molar-refractivity contribution in [2.45, 2.75) is 61.2 Å². The van der Waals surface area contributed by atoms with Gasteiger partial charge in [-0.2, -0.15) is 11.3 Å². The first kappa shape index (κ1) is 28.1. The van der Waals surface area contributed by atoms with E-state index in [9.17, 15) is 13.2 Å². The molecule has 0 bridgehead atoms.